The van der Waals surface area contributed by atoms with Gasteiger partial charge in [0.05, 0.1) is 25.7 Å². The number of carbonyl (C=O) groups is 2. The number of rotatable bonds is 4. The van der Waals surface area contributed by atoms with Crippen LogP contribution in [0.15, 0.2) is 0 Å². The average molecular weight is 316 g/mol. The van der Waals surface area contributed by atoms with E-state index in [1.807, 2.05) is 0 Å². The van der Waals surface area contributed by atoms with E-state index in [0.717, 1.165) is 0 Å². The van der Waals surface area contributed by atoms with E-state index < -0.39 is 29.5 Å². The van der Waals surface area contributed by atoms with Crippen LogP contribution >= 0.6 is 0 Å². The molecule has 0 radical (unpaired) electrons. The van der Waals surface area contributed by atoms with Crippen LogP contribution in [0.4, 0.5) is 4.79 Å². The fourth-order valence-corrected chi connectivity index (χ4v) is 2.36. The molecule has 1 unspecified atom stereocenters. The highest BCUT2D eigenvalue weighted by molar-refractivity contribution is 5.72. The van der Waals surface area contributed by atoms with Crippen molar-refractivity contribution in [3.8, 4) is 0 Å². The second-order valence-corrected chi connectivity index (χ2v) is 6.85. The molecule has 1 amide bonds. The van der Waals surface area contributed by atoms with Crippen molar-refractivity contribution in [3.05, 3.63) is 0 Å². The highest BCUT2D eigenvalue weighted by Crippen LogP contribution is 2.31. The topological polar surface area (TPSA) is 91.1 Å². The summed E-state index contributed by atoms with van der Waals surface area (Å²) in [6, 6.07) is -1.01. The lowest BCUT2D eigenvalue weighted by molar-refractivity contribution is -0.143. The number of carbonyl (C=O) groups excluding carboxylic acids is 2. The van der Waals surface area contributed by atoms with Crippen molar-refractivity contribution in [3.63, 3.8) is 0 Å². The molecule has 0 aromatic rings. The van der Waals surface area contributed by atoms with E-state index in [2.05, 4.69) is 0 Å². The lowest BCUT2D eigenvalue weighted by Crippen LogP contribution is -2.55. The molecule has 2 N–H and O–H groups in total. The summed E-state index contributed by atoms with van der Waals surface area (Å²) in [5.74, 6) is -0.385. The molecule has 2 atom stereocenters. The molecule has 0 saturated carbocycles. The van der Waals surface area contributed by atoms with Gasteiger partial charge in [-0.1, -0.05) is 0 Å². The van der Waals surface area contributed by atoms with Crippen molar-refractivity contribution >= 4 is 12.1 Å². The molecule has 1 saturated heterocycles. The summed E-state index contributed by atoms with van der Waals surface area (Å²) < 4.78 is 16.0. The first kappa shape index (κ1) is 18.7. The Morgan fingerprint density at radius 1 is 1.41 bits per heavy atom. The van der Waals surface area contributed by atoms with Crippen molar-refractivity contribution < 1.29 is 23.8 Å². The molecular weight excluding hydrogens is 288 g/mol. The van der Waals surface area contributed by atoms with Gasteiger partial charge in [-0.25, -0.2) is 4.79 Å². The molecule has 1 heterocycles. The minimum absolute atomic E-state index is 0.0250. The maximum atomic E-state index is 12.5. The summed E-state index contributed by atoms with van der Waals surface area (Å²) in [6.45, 7) is 11.2. The van der Waals surface area contributed by atoms with Crippen molar-refractivity contribution in [2.24, 2.45) is 5.73 Å². The summed E-state index contributed by atoms with van der Waals surface area (Å²) in [5.41, 5.74) is 4.64. The van der Waals surface area contributed by atoms with Gasteiger partial charge in [0.1, 0.15) is 11.3 Å². The molecule has 128 valence electrons. The Morgan fingerprint density at radius 2 is 2.00 bits per heavy atom. The quantitative estimate of drug-likeness (QED) is 0.793. The first-order valence-corrected chi connectivity index (χ1v) is 7.55. The highest BCUT2D eigenvalue weighted by atomic mass is 16.6. The van der Waals surface area contributed by atoms with Crippen LogP contribution in [0.2, 0.25) is 0 Å². The predicted molar refractivity (Wildman–Crippen MR) is 81.1 cm³/mol. The third-order valence-electron chi connectivity index (χ3n) is 3.31. The summed E-state index contributed by atoms with van der Waals surface area (Å²) >= 11 is 0. The van der Waals surface area contributed by atoms with Gasteiger partial charge in [0.2, 0.25) is 0 Å². The maximum absolute atomic E-state index is 12.5. The molecule has 0 spiro atoms. The largest absolute Gasteiger partial charge is 0.466 e. The van der Waals surface area contributed by atoms with Crippen molar-refractivity contribution in [1.29, 1.82) is 0 Å². The second kappa shape index (κ2) is 6.83. The van der Waals surface area contributed by atoms with Crippen molar-refractivity contribution in [1.82, 2.24) is 4.90 Å². The van der Waals surface area contributed by atoms with Gasteiger partial charge in [0, 0.05) is 6.04 Å². The Hall–Kier alpha value is -1.34. The fourth-order valence-electron chi connectivity index (χ4n) is 2.36. The Balaban J connectivity index is 2.84. The van der Waals surface area contributed by atoms with Crippen LogP contribution in [0.1, 0.15) is 48.0 Å². The predicted octanol–water partition coefficient (Wildman–Crippen LogP) is 1.64. The zero-order valence-corrected chi connectivity index (χ0v) is 14.3. The second-order valence-electron chi connectivity index (χ2n) is 6.85. The lowest BCUT2D eigenvalue weighted by Gasteiger charge is -2.36. The molecule has 0 aromatic heterocycles. The molecule has 22 heavy (non-hydrogen) atoms. The van der Waals surface area contributed by atoms with Gasteiger partial charge in [-0.15, -0.1) is 0 Å². The number of ether oxygens (including phenoxy) is 3. The van der Waals surface area contributed by atoms with Crippen molar-refractivity contribution in [2.45, 2.75) is 71.4 Å². The van der Waals surface area contributed by atoms with Gasteiger partial charge >= 0.3 is 12.1 Å². The Morgan fingerprint density at radius 3 is 2.50 bits per heavy atom. The molecule has 1 fully saturated rings. The molecule has 1 rings (SSSR count). The third-order valence-corrected chi connectivity index (χ3v) is 3.31. The van der Waals surface area contributed by atoms with E-state index in [9.17, 15) is 9.59 Å². The average Bonchev–Trinajstić information content (AvgIpc) is 2.62. The van der Waals surface area contributed by atoms with E-state index in [4.69, 9.17) is 19.9 Å². The number of hydrogen-bond acceptors (Lipinski definition) is 6. The molecule has 7 nitrogen and oxygen atoms in total. The molecule has 0 aromatic carbocycles. The van der Waals surface area contributed by atoms with Crippen LogP contribution in [-0.4, -0.2) is 53.6 Å². The van der Waals surface area contributed by atoms with E-state index in [1.165, 1.54) is 4.90 Å². The molecule has 0 bridgehead atoms. The van der Waals surface area contributed by atoms with E-state index >= 15 is 0 Å². The number of hydrogen-bond donors (Lipinski definition) is 1. The molecule has 7 heteroatoms. The summed E-state index contributed by atoms with van der Waals surface area (Å²) in [7, 11) is 0. The first-order valence-electron chi connectivity index (χ1n) is 7.55. The summed E-state index contributed by atoms with van der Waals surface area (Å²) in [6.07, 6.45) is -0.476. The van der Waals surface area contributed by atoms with Gasteiger partial charge in [-0.2, -0.15) is 0 Å². The van der Waals surface area contributed by atoms with Crippen LogP contribution in [0.5, 0.6) is 0 Å². The van der Waals surface area contributed by atoms with Gasteiger partial charge in [-0.3, -0.25) is 9.69 Å². The number of nitrogens with zero attached hydrogens (tertiary/aromatic N) is 1. The molecule has 1 aliphatic heterocycles. The Kier molecular flexibility index (Phi) is 5.81. The SMILES string of the molecule is CCOC(=O)CC(N)[C@H]1COC(C)(C)N1C(=O)OC(C)(C)C. The number of amides is 1. The highest BCUT2D eigenvalue weighted by Gasteiger charge is 2.48. The van der Waals surface area contributed by atoms with Gasteiger partial charge in [-0.05, 0) is 41.5 Å². The fraction of sp³-hybridized carbons (Fsp3) is 0.867. The number of esters is 1. The minimum atomic E-state index is -0.834. The molecule has 1 aliphatic rings. The van der Waals surface area contributed by atoms with E-state index in [1.54, 1.807) is 41.5 Å². The first-order chi connectivity index (χ1) is 9.98. The molecule has 0 aliphatic carbocycles. The van der Waals surface area contributed by atoms with Gasteiger partial charge in [0.15, 0.2) is 0 Å². The van der Waals surface area contributed by atoms with Crippen molar-refractivity contribution in [2.75, 3.05) is 13.2 Å². The zero-order chi connectivity index (χ0) is 17.1. The van der Waals surface area contributed by atoms with E-state index in [-0.39, 0.29) is 19.0 Å². The Bertz CT molecular complexity index is 417. The normalized spacial score (nSPS) is 22.3. The van der Waals surface area contributed by atoms with E-state index in [0.29, 0.717) is 6.61 Å². The van der Waals surface area contributed by atoms with Gasteiger partial charge in [0.25, 0.3) is 0 Å². The van der Waals surface area contributed by atoms with Crippen LogP contribution in [-0.2, 0) is 19.0 Å². The standard InChI is InChI=1S/C15H28N2O5/c1-7-20-12(18)8-10(16)11-9-21-15(5,6)17(11)13(19)22-14(2,3)4/h10-11H,7-9,16H2,1-6H3/t10?,11-/m1/s1. The minimum Gasteiger partial charge on any atom is -0.466 e. The smallest absolute Gasteiger partial charge is 0.412 e. The maximum Gasteiger partial charge on any atom is 0.412 e. The zero-order valence-electron chi connectivity index (χ0n) is 14.3. The lowest BCUT2D eigenvalue weighted by atomic mass is 10.0. The summed E-state index contributed by atoms with van der Waals surface area (Å²) in [5, 5.41) is 0. The summed E-state index contributed by atoms with van der Waals surface area (Å²) in [4.78, 5) is 25.5. The monoisotopic (exact) mass is 316 g/mol. The molecular formula is C15H28N2O5. The van der Waals surface area contributed by atoms with Gasteiger partial charge < -0.3 is 19.9 Å². The Labute approximate surface area is 132 Å². The van der Waals surface area contributed by atoms with Crippen LogP contribution in [0.25, 0.3) is 0 Å². The number of nitrogens with two attached hydrogens (primary N) is 1. The third kappa shape index (κ3) is 4.84. The van der Waals surface area contributed by atoms with Crippen LogP contribution in [0.3, 0.4) is 0 Å². The van der Waals surface area contributed by atoms with Crippen LogP contribution < -0.4 is 5.73 Å². The van der Waals surface area contributed by atoms with Crippen LogP contribution in [0, 0.1) is 0 Å².